The molecule has 0 atom stereocenters. The maximum atomic E-state index is 13.0. The fourth-order valence-electron chi connectivity index (χ4n) is 3.79. The molecule has 0 radical (unpaired) electrons. The highest BCUT2D eigenvalue weighted by Crippen LogP contribution is 2.30. The highest BCUT2D eigenvalue weighted by molar-refractivity contribution is 6.00. The van der Waals surface area contributed by atoms with Gasteiger partial charge in [0.25, 0.3) is 5.91 Å². The number of carbonyl (C=O) groups is 2. The quantitative estimate of drug-likeness (QED) is 0.807. The number of amides is 1. The van der Waals surface area contributed by atoms with E-state index in [1.165, 1.54) is 5.56 Å². The van der Waals surface area contributed by atoms with Gasteiger partial charge in [-0.2, -0.15) is 0 Å². The Morgan fingerprint density at radius 3 is 2.41 bits per heavy atom. The highest BCUT2D eigenvalue weighted by atomic mass is 16.5. The Balaban J connectivity index is 1.70. The van der Waals surface area contributed by atoms with Gasteiger partial charge in [-0.1, -0.05) is 12.1 Å². The summed E-state index contributed by atoms with van der Waals surface area (Å²) in [6.45, 7) is 6.96. The number of esters is 1. The highest BCUT2D eigenvalue weighted by Gasteiger charge is 2.29. The number of nitrogens with zero attached hydrogens (tertiary/aromatic N) is 1. The predicted octanol–water partition coefficient (Wildman–Crippen LogP) is 3.53. The van der Waals surface area contributed by atoms with Crippen molar-refractivity contribution in [2.75, 3.05) is 19.7 Å². The third kappa shape index (κ3) is 3.84. The Bertz CT molecular complexity index is 831. The maximum Gasteiger partial charge on any atom is 0.340 e. The SMILES string of the molecule is CCOC(=O)c1c(C)[nH]c(C(=O)N2CCC(c3ccc(O)cc3)CC2)c1C. The number of aromatic hydroxyl groups is 1. The largest absolute Gasteiger partial charge is 0.508 e. The molecule has 1 aromatic carbocycles. The molecule has 0 spiro atoms. The van der Waals surface area contributed by atoms with E-state index in [-0.39, 0.29) is 11.7 Å². The van der Waals surface area contributed by atoms with Gasteiger partial charge in [0.1, 0.15) is 11.4 Å². The summed E-state index contributed by atoms with van der Waals surface area (Å²) in [6.07, 6.45) is 1.75. The van der Waals surface area contributed by atoms with Crippen LogP contribution in [0.2, 0.25) is 0 Å². The van der Waals surface area contributed by atoms with E-state index in [9.17, 15) is 14.7 Å². The lowest BCUT2D eigenvalue weighted by molar-refractivity contribution is 0.0525. The molecule has 1 aromatic heterocycles. The number of aromatic nitrogens is 1. The number of rotatable bonds is 4. The number of phenolic OH excluding ortho intramolecular Hbond substituents is 1. The average molecular weight is 370 g/mol. The van der Waals surface area contributed by atoms with Crippen LogP contribution in [0.15, 0.2) is 24.3 Å². The second kappa shape index (κ2) is 7.86. The smallest absolute Gasteiger partial charge is 0.340 e. The van der Waals surface area contributed by atoms with E-state index in [0.717, 1.165) is 12.8 Å². The van der Waals surface area contributed by atoms with Gasteiger partial charge in [0.15, 0.2) is 0 Å². The van der Waals surface area contributed by atoms with Gasteiger partial charge >= 0.3 is 5.97 Å². The molecular weight excluding hydrogens is 344 g/mol. The summed E-state index contributed by atoms with van der Waals surface area (Å²) in [7, 11) is 0. The molecule has 6 nitrogen and oxygen atoms in total. The van der Waals surface area contributed by atoms with Crippen molar-refractivity contribution in [3.05, 3.63) is 52.3 Å². The van der Waals surface area contributed by atoms with Crippen LogP contribution in [0.3, 0.4) is 0 Å². The topological polar surface area (TPSA) is 82.6 Å². The van der Waals surface area contributed by atoms with Crippen molar-refractivity contribution in [2.24, 2.45) is 0 Å². The lowest BCUT2D eigenvalue weighted by atomic mass is 9.89. The Morgan fingerprint density at radius 1 is 1.19 bits per heavy atom. The van der Waals surface area contributed by atoms with Gasteiger partial charge in [-0.05, 0) is 62.8 Å². The van der Waals surface area contributed by atoms with Crippen LogP contribution in [0.5, 0.6) is 5.75 Å². The van der Waals surface area contributed by atoms with Crippen molar-refractivity contribution in [3.63, 3.8) is 0 Å². The molecule has 1 fully saturated rings. The van der Waals surface area contributed by atoms with Gasteiger partial charge in [-0.15, -0.1) is 0 Å². The van der Waals surface area contributed by atoms with Gasteiger partial charge in [-0.3, -0.25) is 4.79 Å². The molecular formula is C21H26N2O4. The van der Waals surface area contributed by atoms with E-state index < -0.39 is 5.97 Å². The Kier molecular flexibility index (Phi) is 5.54. The van der Waals surface area contributed by atoms with E-state index in [4.69, 9.17) is 4.74 Å². The molecule has 0 aliphatic carbocycles. The second-order valence-corrected chi connectivity index (χ2v) is 7.00. The van der Waals surface area contributed by atoms with Crippen molar-refractivity contribution in [2.45, 2.75) is 39.5 Å². The van der Waals surface area contributed by atoms with Crippen LogP contribution in [-0.2, 0) is 4.74 Å². The van der Waals surface area contributed by atoms with Crippen LogP contribution in [0.4, 0.5) is 0 Å². The Morgan fingerprint density at radius 2 is 1.81 bits per heavy atom. The first-order chi connectivity index (χ1) is 12.9. The lowest BCUT2D eigenvalue weighted by Gasteiger charge is -2.32. The zero-order valence-electron chi connectivity index (χ0n) is 16.0. The van der Waals surface area contributed by atoms with Gasteiger partial charge < -0.3 is 19.7 Å². The molecule has 1 aliphatic rings. The number of hydrogen-bond donors (Lipinski definition) is 2. The molecule has 2 N–H and O–H groups in total. The predicted molar refractivity (Wildman–Crippen MR) is 102 cm³/mol. The Hall–Kier alpha value is -2.76. The molecule has 2 heterocycles. The number of likely N-dealkylation sites (tertiary alicyclic amines) is 1. The number of H-pyrrole nitrogens is 1. The average Bonchev–Trinajstić information content (AvgIpc) is 2.96. The molecule has 3 rings (SSSR count). The summed E-state index contributed by atoms with van der Waals surface area (Å²) in [6, 6.07) is 7.30. The van der Waals surface area contributed by atoms with Crippen LogP contribution in [0, 0.1) is 13.8 Å². The molecule has 27 heavy (non-hydrogen) atoms. The van der Waals surface area contributed by atoms with Crippen molar-refractivity contribution >= 4 is 11.9 Å². The standard InChI is InChI=1S/C21H26N2O4/c1-4-27-21(26)18-13(2)19(22-14(18)3)20(25)23-11-9-16(10-12-23)15-5-7-17(24)8-6-15/h5-8,16,22,24H,4,9-12H2,1-3H3. The third-order valence-corrected chi connectivity index (χ3v) is 5.28. The molecule has 6 heteroatoms. The number of hydrogen-bond acceptors (Lipinski definition) is 4. The number of piperidine rings is 1. The van der Waals surface area contributed by atoms with Gasteiger partial charge in [0, 0.05) is 18.8 Å². The van der Waals surface area contributed by atoms with E-state index in [1.807, 2.05) is 17.0 Å². The summed E-state index contributed by atoms with van der Waals surface area (Å²) < 4.78 is 5.10. The van der Waals surface area contributed by atoms with Gasteiger partial charge in [-0.25, -0.2) is 4.79 Å². The summed E-state index contributed by atoms with van der Waals surface area (Å²) in [4.78, 5) is 30.0. The minimum absolute atomic E-state index is 0.0738. The molecule has 1 amide bonds. The van der Waals surface area contributed by atoms with E-state index in [1.54, 1.807) is 32.9 Å². The van der Waals surface area contributed by atoms with Crippen molar-refractivity contribution in [1.29, 1.82) is 0 Å². The molecule has 0 saturated carbocycles. The fourth-order valence-corrected chi connectivity index (χ4v) is 3.79. The number of aromatic amines is 1. The molecule has 0 bridgehead atoms. The summed E-state index contributed by atoms with van der Waals surface area (Å²) in [5, 5.41) is 9.43. The van der Waals surface area contributed by atoms with Crippen LogP contribution < -0.4 is 0 Å². The first-order valence-electron chi connectivity index (χ1n) is 9.36. The Labute approximate surface area is 159 Å². The van der Waals surface area contributed by atoms with Crippen molar-refractivity contribution in [3.8, 4) is 5.75 Å². The van der Waals surface area contributed by atoms with Crippen molar-refractivity contribution in [1.82, 2.24) is 9.88 Å². The number of ether oxygens (including phenoxy) is 1. The van der Waals surface area contributed by atoms with Crippen molar-refractivity contribution < 1.29 is 19.4 Å². The maximum absolute atomic E-state index is 13.0. The van der Waals surface area contributed by atoms with Gasteiger partial charge in [0.2, 0.25) is 0 Å². The van der Waals surface area contributed by atoms with E-state index in [2.05, 4.69) is 4.98 Å². The molecule has 2 aromatic rings. The monoisotopic (exact) mass is 370 g/mol. The van der Waals surface area contributed by atoms with Crippen LogP contribution in [0.1, 0.15) is 63.4 Å². The number of nitrogens with one attached hydrogen (secondary N) is 1. The van der Waals surface area contributed by atoms with Gasteiger partial charge in [0.05, 0.1) is 12.2 Å². The number of aryl methyl sites for hydroxylation is 1. The molecule has 1 aliphatic heterocycles. The van der Waals surface area contributed by atoms with Crippen LogP contribution in [-0.4, -0.2) is 46.6 Å². The number of benzene rings is 1. The summed E-state index contributed by atoms with van der Waals surface area (Å²) in [5.41, 5.74) is 3.43. The zero-order valence-corrected chi connectivity index (χ0v) is 16.0. The summed E-state index contributed by atoms with van der Waals surface area (Å²) in [5.74, 6) is 0.182. The number of carbonyl (C=O) groups excluding carboxylic acids is 2. The molecule has 1 saturated heterocycles. The first-order valence-corrected chi connectivity index (χ1v) is 9.36. The van der Waals surface area contributed by atoms with Crippen LogP contribution >= 0.6 is 0 Å². The molecule has 144 valence electrons. The normalized spacial score (nSPS) is 15.0. The lowest BCUT2D eigenvalue weighted by Crippen LogP contribution is -2.38. The second-order valence-electron chi connectivity index (χ2n) is 7.00. The minimum atomic E-state index is -0.395. The number of phenols is 1. The zero-order chi connectivity index (χ0) is 19.6. The third-order valence-electron chi connectivity index (χ3n) is 5.28. The molecule has 0 unspecified atom stereocenters. The first kappa shape index (κ1) is 19.0. The van der Waals surface area contributed by atoms with E-state index in [0.29, 0.717) is 48.1 Å². The fraction of sp³-hybridized carbons (Fsp3) is 0.429. The van der Waals surface area contributed by atoms with Crippen LogP contribution in [0.25, 0.3) is 0 Å². The summed E-state index contributed by atoms with van der Waals surface area (Å²) >= 11 is 0. The van der Waals surface area contributed by atoms with E-state index >= 15 is 0 Å². The minimum Gasteiger partial charge on any atom is -0.508 e.